The van der Waals surface area contributed by atoms with Crippen molar-refractivity contribution in [1.82, 2.24) is 9.80 Å². The van der Waals surface area contributed by atoms with E-state index in [9.17, 15) is 14.7 Å². The Morgan fingerprint density at radius 2 is 1.81 bits per heavy atom. The molecule has 6 heteroatoms. The minimum Gasteiger partial charge on any atom is -0.480 e. The Labute approximate surface area is 152 Å². The van der Waals surface area contributed by atoms with Crippen molar-refractivity contribution in [1.29, 1.82) is 0 Å². The molecule has 2 fully saturated rings. The normalized spacial score (nSPS) is 22.8. The molecule has 2 saturated heterocycles. The van der Waals surface area contributed by atoms with Crippen molar-refractivity contribution in [3.63, 3.8) is 0 Å². The van der Waals surface area contributed by atoms with Gasteiger partial charge >= 0.3 is 5.97 Å². The number of carbonyl (C=O) groups is 2. The zero-order chi connectivity index (χ0) is 18.3. The van der Waals surface area contributed by atoms with Gasteiger partial charge < -0.3 is 14.7 Å². The third kappa shape index (κ3) is 2.75. The van der Waals surface area contributed by atoms with Crippen LogP contribution in [-0.2, 0) is 9.53 Å². The number of likely N-dealkylation sites (tertiary alicyclic amines) is 1. The van der Waals surface area contributed by atoms with Crippen molar-refractivity contribution in [3.05, 3.63) is 48.0 Å². The van der Waals surface area contributed by atoms with Crippen molar-refractivity contribution >= 4 is 22.6 Å². The van der Waals surface area contributed by atoms with Crippen LogP contribution in [0.1, 0.15) is 23.2 Å². The number of carboxylic acids is 1. The molecule has 0 bridgehead atoms. The first kappa shape index (κ1) is 17.0. The van der Waals surface area contributed by atoms with Gasteiger partial charge in [-0.05, 0) is 30.0 Å². The average molecular weight is 354 g/mol. The van der Waals surface area contributed by atoms with Gasteiger partial charge in [0, 0.05) is 31.5 Å². The zero-order valence-corrected chi connectivity index (χ0v) is 14.7. The molecule has 1 amide bonds. The van der Waals surface area contributed by atoms with Crippen LogP contribution in [0, 0.1) is 0 Å². The van der Waals surface area contributed by atoms with E-state index in [0.29, 0.717) is 18.4 Å². The number of benzene rings is 2. The molecule has 0 aliphatic carbocycles. The molecule has 4 rings (SSSR count). The Morgan fingerprint density at radius 1 is 1.12 bits per heavy atom. The molecule has 0 aromatic heterocycles. The summed E-state index contributed by atoms with van der Waals surface area (Å²) in [6, 6.07) is 12.4. The van der Waals surface area contributed by atoms with E-state index in [2.05, 4.69) is 4.90 Å². The van der Waals surface area contributed by atoms with Crippen LogP contribution in [0.15, 0.2) is 42.5 Å². The lowest BCUT2D eigenvalue weighted by Crippen LogP contribution is -2.57. The van der Waals surface area contributed by atoms with E-state index in [1.54, 1.807) is 6.07 Å². The molecule has 26 heavy (non-hydrogen) atoms. The van der Waals surface area contributed by atoms with Crippen molar-refractivity contribution in [2.75, 3.05) is 26.7 Å². The number of fused-ring (bicyclic) bond motifs is 1. The summed E-state index contributed by atoms with van der Waals surface area (Å²) in [5, 5.41) is 11.6. The maximum atomic E-state index is 13.3. The van der Waals surface area contributed by atoms with E-state index in [-0.39, 0.29) is 12.5 Å². The number of amides is 1. The maximum Gasteiger partial charge on any atom is 0.328 e. The van der Waals surface area contributed by atoms with Crippen LogP contribution in [0.5, 0.6) is 0 Å². The summed E-state index contributed by atoms with van der Waals surface area (Å²) in [6.07, 6.45) is 1.24. The quantitative estimate of drug-likeness (QED) is 0.895. The van der Waals surface area contributed by atoms with Crippen molar-refractivity contribution in [2.45, 2.75) is 24.6 Å². The van der Waals surface area contributed by atoms with E-state index in [1.807, 2.05) is 43.4 Å². The molecule has 1 atom stereocenters. The second kappa shape index (κ2) is 6.37. The summed E-state index contributed by atoms with van der Waals surface area (Å²) in [4.78, 5) is 28.7. The van der Waals surface area contributed by atoms with E-state index in [4.69, 9.17) is 4.74 Å². The van der Waals surface area contributed by atoms with Gasteiger partial charge in [-0.2, -0.15) is 0 Å². The Balaban J connectivity index is 1.72. The number of rotatable bonds is 2. The molecule has 2 aromatic rings. The minimum atomic E-state index is -1.02. The van der Waals surface area contributed by atoms with Gasteiger partial charge in [0.15, 0.2) is 6.04 Å². The van der Waals surface area contributed by atoms with Gasteiger partial charge in [-0.1, -0.05) is 30.3 Å². The molecule has 2 aromatic carbocycles. The summed E-state index contributed by atoms with van der Waals surface area (Å²) in [5.74, 6) is -1.29. The van der Waals surface area contributed by atoms with Crippen molar-refractivity contribution < 1.29 is 19.4 Å². The van der Waals surface area contributed by atoms with Gasteiger partial charge in [-0.15, -0.1) is 0 Å². The first-order valence-electron chi connectivity index (χ1n) is 8.88. The highest BCUT2D eigenvalue weighted by molar-refractivity contribution is 6.00. The predicted octanol–water partition coefficient (Wildman–Crippen LogP) is 2.19. The lowest BCUT2D eigenvalue weighted by atomic mass is 9.96. The van der Waals surface area contributed by atoms with Crippen LogP contribution in [0.2, 0.25) is 0 Å². The first-order chi connectivity index (χ1) is 12.5. The van der Waals surface area contributed by atoms with Crippen LogP contribution < -0.4 is 0 Å². The van der Waals surface area contributed by atoms with Gasteiger partial charge in [0.25, 0.3) is 5.91 Å². The monoisotopic (exact) mass is 354 g/mol. The fraction of sp³-hybridized carbons (Fsp3) is 0.400. The molecule has 1 spiro atoms. The molecular weight excluding hydrogens is 332 g/mol. The predicted molar refractivity (Wildman–Crippen MR) is 97.0 cm³/mol. The highest BCUT2D eigenvalue weighted by Gasteiger charge is 2.53. The SMILES string of the molecule is CN1CCC2(CC1)OC[C@H](C(=O)O)N2C(=O)c1ccc2ccccc2c1. The molecule has 2 aliphatic rings. The Bertz CT molecular complexity index is 858. The fourth-order valence-corrected chi connectivity index (χ4v) is 3.99. The van der Waals surface area contributed by atoms with Crippen LogP contribution in [0.4, 0.5) is 0 Å². The van der Waals surface area contributed by atoms with Gasteiger partial charge in [0.1, 0.15) is 5.72 Å². The smallest absolute Gasteiger partial charge is 0.328 e. The number of nitrogens with zero attached hydrogens (tertiary/aromatic N) is 2. The first-order valence-corrected chi connectivity index (χ1v) is 8.88. The molecule has 2 aliphatic heterocycles. The molecule has 0 radical (unpaired) electrons. The molecule has 136 valence electrons. The Kier molecular flexibility index (Phi) is 4.17. The summed E-state index contributed by atoms with van der Waals surface area (Å²) in [5.41, 5.74) is -0.322. The summed E-state index contributed by atoms with van der Waals surface area (Å²) in [6.45, 7) is 1.58. The number of carbonyl (C=O) groups excluding carboxylic acids is 1. The van der Waals surface area contributed by atoms with Gasteiger partial charge in [0.05, 0.1) is 6.61 Å². The topological polar surface area (TPSA) is 70.1 Å². The molecule has 2 heterocycles. The average Bonchev–Trinajstić information content (AvgIpc) is 3.02. The lowest BCUT2D eigenvalue weighted by molar-refractivity contribution is -0.143. The highest BCUT2D eigenvalue weighted by Crippen LogP contribution is 2.38. The zero-order valence-electron chi connectivity index (χ0n) is 14.7. The van der Waals surface area contributed by atoms with Gasteiger partial charge in [-0.25, -0.2) is 4.79 Å². The van der Waals surface area contributed by atoms with Crippen LogP contribution >= 0.6 is 0 Å². The summed E-state index contributed by atoms with van der Waals surface area (Å²) < 4.78 is 5.94. The maximum absolute atomic E-state index is 13.3. The number of hydrogen-bond acceptors (Lipinski definition) is 4. The minimum absolute atomic E-state index is 0.0400. The molecule has 1 N–H and O–H groups in total. The van der Waals surface area contributed by atoms with Crippen LogP contribution in [0.3, 0.4) is 0 Å². The molecular formula is C20H22N2O4. The Hall–Kier alpha value is -2.44. The summed E-state index contributed by atoms with van der Waals surface area (Å²) in [7, 11) is 2.02. The molecule has 0 saturated carbocycles. The second-order valence-corrected chi connectivity index (χ2v) is 7.15. The second-order valence-electron chi connectivity index (χ2n) is 7.15. The molecule has 6 nitrogen and oxygen atoms in total. The largest absolute Gasteiger partial charge is 0.480 e. The fourth-order valence-electron chi connectivity index (χ4n) is 3.99. The summed E-state index contributed by atoms with van der Waals surface area (Å²) >= 11 is 0. The van der Waals surface area contributed by atoms with E-state index in [1.165, 1.54) is 4.90 Å². The van der Waals surface area contributed by atoms with Gasteiger partial charge in [0.2, 0.25) is 0 Å². The van der Waals surface area contributed by atoms with E-state index >= 15 is 0 Å². The lowest BCUT2D eigenvalue weighted by Gasteiger charge is -2.43. The standard InChI is InChI=1S/C20H22N2O4/c1-21-10-8-20(9-11-21)22(17(13-26-20)19(24)25)18(23)16-7-6-14-4-2-3-5-15(14)12-16/h2-7,12,17H,8-11,13H2,1H3,(H,24,25)/t17-/m1/s1. The van der Waals surface area contributed by atoms with Crippen LogP contribution in [-0.4, -0.2) is 65.3 Å². The number of piperidine rings is 1. The van der Waals surface area contributed by atoms with E-state index < -0.39 is 17.7 Å². The third-order valence-corrected chi connectivity index (χ3v) is 5.53. The van der Waals surface area contributed by atoms with Crippen molar-refractivity contribution in [3.8, 4) is 0 Å². The van der Waals surface area contributed by atoms with Crippen molar-refractivity contribution in [2.24, 2.45) is 0 Å². The van der Waals surface area contributed by atoms with E-state index in [0.717, 1.165) is 23.9 Å². The highest BCUT2D eigenvalue weighted by atomic mass is 16.5. The third-order valence-electron chi connectivity index (χ3n) is 5.53. The number of ether oxygens (including phenoxy) is 1. The number of aliphatic carboxylic acids is 1. The molecule has 0 unspecified atom stereocenters. The Morgan fingerprint density at radius 3 is 2.50 bits per heavy atom. The van der Waals surface area contributed by atoms with Gasteiger partial charge in [-0.3, -0.25) is 9.69 Å². The number of hydrogen-bond donors (Lipinski definition) is 1. The number of carboxylic acid groups (broad SMARTS) is 1. The van der Waals surface area contributed by atoms with Crippen LogP contribution in [0.25, 0.3) is 10.8 Å².